The lowest BCUT2D eigenvalue weighted by Crippen LogP contribution is -1.94. The van der Waals surface area contributed by atoms with Crippen LogP contribution in [0.15, 0.2) is 40.8 Å². The molecule has 6 nitrogen and oxygen atoms in total. The molecular formula is C14H11ClN6S. The van der Waals surface area contributed by atoms with Gasteiger partial charge in [0.15, 0.2) is 5.82 Å². The second kappa shape index (κ2) is 5.66. The number of aromatic amines is 1. The highest BCUT2D eigenvalue weighted by Gasteiger charge is 2.27. The lowest BCUT2D eigenvalue weighted by Gasteiger charge is -2.01. The van der Waals surface area contributed by atoms with E-state index in [1.54, 1.807) is 18.5 Å². The van der Waals surface area contributed by atoms with Crippen LogP contribution in [0.3, 0.4) is 0 Å². The van der Waals surface area contributed by atoms with Gasteiger partial charge in [0, 0.05) is 29.9 Å². The Hall–Kier alpha value is -1.99. The Labute approximate surface area is 135 Å². The monoisotopic (exact) mass is 330 g/mol. The highest BCUT2D eigenvalue weighted by Crippen LogP contribution is 2.39. The molecule has 0 aromatic carbocycles. The summed E-state index contributed by atoms with van der Waals surface area (Å²) >= 11 is 7.44. The summed E-state index contributed by atoms with van der Waals surface area (Å²) in [4.78, 5) is 17.3. The van der Waals surface area contributed by atoms with Gasteiger partial charge in [-0.3, -0.25) is 10.1 Å². The van der Waals surface area contributed by atoms with Crippen LogP contribution >= 0.6 is 23.4 Å². The van der Waals surface area contributed by atoms with E-state index in [0.29, 0.717) is 22.1 Å². The van der Waals surface area contributed by atoms with Crippen LogP contribution in [0.4, 0.5) is 0 Å². The second-order valence-corrected chi connectivity index (χ2v) is 6.34. The van der Waals surface area contributed by atoms with Crippen LogP contribution in [0, 0.1) is 0 Å². The number of rotatable bonds is 4. The van der Waals surface area contributed by atoms with Gasteiger partial charge >= 0.3 is 0 Å². The molecule has 0 spiro atoms. The number of halogens is 1. The molecule has 0 atom stereocenters. The van der Waals surface area contributed by atoms with Crippen molar-refractivity contribution < 1.29 is 0 Å². The van der Waals surface area contributed by atoms with Crippen LogP contribution in [-0.4, -0.2) is 30.1 Å². The quantitative estimate of drug-likeness (QED) is 0.739. The van der Waals surface area contributed by atoms with Crippen molar-refractivity contribution in [3.05, 3.63) is 41.6 Å². The predicted octanol–water partition coefficient (Wildman–Crippen LogP) is 3.34. The van der Waals surface area contributed by atoms with E-state index >= 15 is 0 Å². The zero-order valence-corrected chi connectivity index (χ0v) is 13.0. The summed E-state index contributed by atoms with van der Waals surface area (Å²) in [5.74, 6) is 1.98. The summed E-state index contributed by atoms with van der Waals surface area (Å²) < 4.78 is 0. The second-order valence-electron chi connectivity index (χ2n) is 4.97. The molecule has 0 amide bonds. The van der Waals surface area contributed by atoms with Crippen molar-refractivity contribution in [3.8, 4) is 11.4 Å². The third-order valence-electron chi connectivity index (χ3n) is 3.25. The first-order chi connectivity index (χ1) is 10.8. The van der Waals surface area contributed by atoms with E-state index in [2.05, 4.69) is 30.1 Å². The smallest absolute Gasteiger partial charge is 0.215 e. The molecule has 1 aliphatic rings. The van der Waals surface area contributed by atoms with Gasteiger partial charge in [0.25, 0.3) is 0 Å². The molecule has 22 heavy (non-hydrogen) atoms. The Balaban J connectivity index is 1.58. The van der Waals surface area contributed by atoms with Crippen molar-refractivity contribution in [1.82, 2.24) is 30.1 Å². The lowest BCUT2D eigenvalue weighted by molar-refractivity contribution is 0.874. The summed E-state index contributed by atoms with van der Waals surface area (Å²) in [5, 5.41) is 8.96. The lowest BCUT2D eigenvalue weighted by atomic mass is 10.3. The molecule has 3 heterocycles. The van der Waals surface area contributed by atoms with Gasteiger partial charge in [-0.15, -0.1) is 5.10 Å². The molecule has 1 saturated carbocycles. The number of nitrogens with zero attached hydrogens (tertiary/aromatic N) is 5. The molecule has 3 aromatic heterocycles. The minimum Gasteiger partial charge on any atom is -0.265 e. The topological polar surface area (TPSA) is 80.2 Å². The first-order valence-corrected chi connectivity index (χ1v) is 8.02. The zero-order valence-electron chi connectivity index (χ0n) is 11.4. The van der Waals surface area contributed by atoms with Gasteiger partial charge < -0.3 is 0 Å². The predicted molar refractivity (Wildman–Crippen MR) is 82.8 cm³/mol. The summed E-state index contributed by atoms with van der Waals surface area (Å²) in [6.07, 6.45) is 5.71. The van der Waals surface area contributed by atoms with E-state index in [1.165, 1.54) is 11.8 Å². The Morgan fingerprint density at radius 3 is 2.73 bits per heavy atom. The molecule has 0 radical (unpaired) electrons. The normalized spacial score (nSPS) is 14.2. The van der Waals surface area contributed by atoms with Gasteiger partial charge in [0.1, 0.15) is 16.0 Å². The molecule has 0 unspecified atom stereocenters. The summed E-state index contributed by atoms with van der Waals surface area (Å²) in [7, 11) is 0. The van der Waals surface area contributed by atoms with E-state index in [-0.39, 0.29) is 0 Å². The van der Waals surface area contributed by atoms with Gasteiger partial charge in [-0.2, -0.15) is 0 Å². The molecule has 110 valence electrons. The number of nitrogens with one attached hydrogen (secondary N) is 1. The third-order valence-corrected chi connectivity index (χ3v) is 4.22. The maximum absolute atomic E-state index is 6.07. The summed E-state index contributed by atoms with van der Waals surface area (Å²) in [6, 6.07) is 5.49. The van der Waals surface area contributed by atoms with E-state index in [9.17, 15) is 0 Å². The minimum atomic E-state index is 0.456. The van der Waals surface area contributed by atoms with Gasteiger partial charge in [-0.1, -0.05) is 11.6 Å². The number of aromatic nitrogens is 6. The maximum atomic E-state index is 6.07. The Morgan fingerprint density at radius 1 is 1.14 bits per heavy atom. The molecule has 0 aliphatic heterocycles. The number of pyridine rings is 1. The van der Waals surface area contributed by atoms with E-state index < -0.39 is 0 Å². The maximum Gasteiger partial charge on any atom is 0.215 e. The molecule has 3 aromatic rings. The average Bonchev–Trinajstić information content (AvgIpc) is 3.28. The van der Waals surface area contributed by atoms with Crippen molar-refractivity contribution in [2.24, 2.45) is 0 Å². The van der Waals surface area contributed by atoms with Crippen LogP contribution in [0.5, 0.6) is 0 Å². The fraction of sp³-hybridized carbons (Fsp3) is 0.214. The van der Waals surface area contributed by atoms with Crippen LogP contribution in [0.2, 0.25) is 5.15 Å². The Morgan fingerprint density at radius 2 is 1.95 bits per heavy atom. The van der Waals surface area contributed by atoms with Crippen LogP contribution in [0.1, 0.15) is 24.6 Å². The van der Waals surface area contributed by atoms with Crippen LogP contribution < -0.4 is 0 Å². The van der Waals surface area contributed by atoms with E-state index in [4.69, 9.17) is 11.6 Å². The molecule has 8 heteroatoms. The third kappa shape index (κ3) is 2.95. The highest BCUT2D eigenvalue weighted by molar-refractivity contribution is 7.99. The fourth-order valence-electron chi connectivity index (χ4n) is 2.01. The largest absolute Gasteiger partial charge is 0.265 e. The van der Waals surface area contributed by atoms with E-state index in [1.807, 2.05) is 12.1 Å². The standard InChI is InChI=1S/C14H11ClN6S/c15-10-7-11(18-12(17-10)8-1-2-8)22-14-19-13(20-21-14)9-3-5-16-6-4-9/h3-8H,1-2H2,(H,19,20,21). The first-order valence-electron chi connectivity index (χ1n) is 6.83. The van der Waals surface area contributed by atoms with Crippen molar-refractivity contribution >= 4 is 23.4 Å². The first kappa shape index (κ1) is 13.7. The van der Waals surface area contributed by atoms with E-state index in [0.717, 1.165) is 29.3 Å². The molecule has 1 aliphatic carbocycles. The summed E-state index contributed by atoms with van der Waals surface area (Å²) in [6.45, 7) is 0. The average molecular weight is 331 g/mol. The molecular weight excluding hydrogens is 320 g/mol. The van der Waals surface area contributed by atoms with Crippen molar-refractivity contribution in [1.29, 1.82) is 0 Å². The van der Waals surface area contributed by atoms with Gasteiger partial charge in [-0.05, 0) is 36.7 Å². The van der Waals surface area contributed by atoms with Crippen molar-refractivity contribution in [2.45, 2.75) is 28.9 Å². The molecule has 0 bridgehead atoms. The van der Waals surface area contributed by atoms with Crippen molar-refractivity contribution in [3.63, 3.8) is 0 Å². The number of H-pyrrole nitrogens is 1. The Bertz CT molecular complexity index is 802. The molecule has 1 N–H and O–H groups in total. The number of hydrogen-bond donors (Lipinski definition) is 1. The Kier molecular flexibility index (Phi) is 3.51. The van der Waals surface area contributed by atoms with Crippen LogP contribution in [-0.2, 0) is 0 Å². The molecule has 1 fully saturated rings. The molecule has 4 rings (SSSR count). The summed E-state index contributed by atoms with van der Waals surface area (Å²) in [5.41, 5.74) is 0.939. The molecule has 0 saturated heterocycles. The van der Waals surface area contributed by atoms with Crippen molar-refractivity contribution in [2.75, 3.05) is 0 Å². The van der Waals surface area contributed by atoms with Gasteiger partial charge in [0.05, 0.1) is 0 Å². The number of hydrogen-bond acceptors (Lipinski definition) is 6. The van der Waals surface area contributed by atoms with Crippen LogP contribution in [0.25, 0.3) is 11.4 Å². The fourth-order valence-corrected chi connectivity index (χ4v) is 2.99. The zero-order chi connectivity index (χ0) is 14.9. The minimum absolute atomic E-state index is 0.456. The van der Waals surface area contributed by atoms with Gasteiger partial charge in [-0.25, -0.2) is 15.0 Å². The SMILES string of the molecule is Clc1cc(Sc2n[nH]c(-c3ccncc3)n2)nc(C2CC2)n1. The highest BCUT2D eigenvalue weighted by atomic mass is 35.5. The van der Waals surface area contributed by atoms with Gasteiger partial charge in [0.2, 0.25) is 5.16 Å².